The molecule has 0 saturated heterocycles. The van der Waals surface area contributed by atoms with Crippen LogP contribution >= 0.6 is 0 Å². The maximum Gasteiger partial charge on any atom is 0.269 e. The predicted molar refractivity (Wildman–Crippen MR) is 56.3 cm³/mol. The summed E-state index contributed by atoms with van der Waals surface area (Å²) < 4.78 is 4.55. The largest absolute Gasteiger partial charge is 0.342 e. The first-order valence-corrected chi connectivity index (χ1v) is 4.44. The highest BCUT2D eigenvalue weighted by atomic mass is 16.6. The van der Waals surface area contributed by atoms with Crippen molar-refractivity contribution in [2.45, 2.75) is 0 Å². The molecule has 1 heterocycles. The molecule has 0 spiro atoms. The summed E-state index contributed by atoms with van der Waals surface area (Å²) in [6.07, 6.45) is 4.63. The molecule has 80 valence electrons. The Morgan fingerprint density at radius 2 is 2.00 bits per heavy atom. The number of benzene rings is 1. The lowest BCUT2D eigenvalue weighted by atomic mass is 10.2. The molecule has 0 N–H and O–H groups in total. The number of rotatable bonds is 3. The van der Waals surface area contributed by atoms with Crippen LogP contribution in [0, 0.1) is 10.1 Å². The molecule has 0 aliphatic rings. The molecular formula is C10H7N3O3. The Labute approximate surface area is 90.4 Å². The SMILES string of the molecule is O=[N+]([O-])c1ccc(C=Cc2ncon2)cc1. The van der Waals surface area contributed by atoms with Gasteiger partial charge in [-0.15, -0.1) is 0 Å². The molecule has 6 heteroatoms. The Hall–Kier alpha value is -2.50. The van der Waals surface area contributed by atoms with Gasteiger partial charge in [0.25, 0.3) is 5.69 Å². The van der Waals surface area contributed by atoms with Crippen LogP contribution in [-0.2, 0) is 0 Å². The molecule has 16 heavy (non-hydrogen) atoms. The first-order valence-electron chi connectivity index (χ1n) is 4.44. The molecule has 0 unspecified atom stereocenters. The lowest BCUT2D eigenvalue weighted by molar-refractivity contribution is -0.384. The van der Waals surface area contributed by atoms with Gasteiger partial charge in [0.15, 0.2) is 5.82 Å². The Morgan fingerprint density at radius 3 is 2.56 bits per heavy atom. The van der Waals surface area contributed by atoms with Crippen molar-refractivity contribution in [2.24, 2.45) is 0 Å². The van der Waals surface area contributed by atoms with Crippen molar-refractivity contribution in [3.05, 3.63) is 52.2 Å². The highest BCUT2D eigenvalue weighted by Crippen LogP contribution is 2.13. The van der Waals surface area contributed by atoms with E-state index in [0.717, 1.165) is 5.56 Å². The van der Waals surface area contributed by atoms with Gasteiger partial charge in [-0.25, -0.2) is 0 Å². The second kappa shape index (κ2) is 4.35. The van der Waals surface area contributed by atoms with Crippen molar-refractivity contribution in [3.63, 3.8) is 0 Å². The molecular weight excluding hydrogens is 210 g/mol. The van der Waals surface area contributed by atoms with Crippen LogP contribution in [-0.4, -0.2) is 15.1 Å². The van der Waals surface area contributed by atoms with Crippen molar-refractivity contribution in [1.29, 1.82) is 0 Å². The quantitative estimate of drug-likeness (QED) is 0.581. The fourth-order valence-corrected chi connectivity index (χ4v) is 1.13. The van der Waals surface area contributed by atoms with Gasteiger partial charge in [0, 0.05) is 12.1 Å². The maximum atomic E-state index is 10.4. The zero-order valence-corrected chi connectivity index (χ0v) is 8.11. The van der Waals surface area contributed by atoms with Crippen molar-refractivity contribution in [3.8, 4) is 0 Å². The number of hydrogen-bond acceptors (Lipinski definition) is 5. The Kier molecular flexibility index (Phi) is 2.73. The topological polar surface area (TPSA) is 82.1 Å². The minimum Gasteiger partial charge on any atom is -0.342 e. The average Bonchev–Trinajstić information content (AvgIpc) is 2.80. The molecule has 0 aliphatic carbocycles. The van der Waals surface area contributed by atoms with Crippen LogP contribution in [0.4, 0.5) is 5.69 Å². The van der Waals surface area contributed by atoms with Gasteiger partial charge in [0.05, 0.1) is 4.92 Å². The molecule has 0 radical (unpaired) electrons. The van der Waals surface area contributed by atoms with Gasteiger partial charge >= 0.3 is 0 Å². The third-order valence-corrected chi connectivity index (χ3v) is 1.91. The second-order valence-electron chi connectivity index (χ2n) is 2.97. The summed E-state index contributed by atoms with van der Waals surface area (Å²) in [6.45, 7) is 0. The zero-order valence-electron chi connectivity index (χ0n) is 8.11. The summed E-state index contributed by atoms with van der Waals surface area (Å²) >= 11 is 0. The number of hydrogen-bond donors (Lipinski definition) is 0. The number of non-ortho nitro benzene ring substituents is 1. The predicted octanol–water partition coefficient (Wildman–Crippen LogP) is 2.15. The number of nitro benzene ring substituents is 1. The average molecular weight is 217 g/mol. The molecule has 0 amide bonds. The summed E-state index contributed by atoms with van der Waals surface area (Å²) in [4.78, 5) is 13.8. The summed E-state index contributed by atoms with van der Waals surface area (Å²) in [7, 11) is 0. The van der Waals surface area contributed by atoms with E-state index in [4.69, 9.17) is 0 Å². The van der Waals surface area contributed by atoms with Crippen molar-refractivity contribution in [2.75, 3.05) is 0 Å². The molecule has 0 atom stereocenters. The normalized spacial score (nSPS) is 10.8. The lowest BCUT2D eigenvalue weighted by Gasteiger charge is -1.92. The molecule has 1 aromatic carbocycles. The number of aromatic nitrogens is 2. The van der Waals surface area contributed by atoms with E-state index in [1.165, 1.54) is 18.5 Å². The van der Waals surface area contributed by atoms with E-state index in [1.807, 2.05) is 0 Å². The standard InChI is InChI=1S/C10H7N3O3/c14-13(15)9-4-1-8(2-5-9)3-6-10-11-7-16-12-10/h1-7H. The van der Waals surface area contributed by atoms with Crippen LogP contribution in [0.2, 0.25) is 0 Å². The van der Waals surface area contributed by atoms with Crippen LogP contribution in [0.25, 0.3) is 12.2 Å². The van der Waals surface area contributed by atoms with E-state index >= 15 is 0 Å². The van der Waals surface area contributed by atoms with Gasteiger partial charge < -0.3 is 4.52 Å². The molecule has 2 aromatic rings. The fraction of sp³-hybridized carbons (Fsp3) is 0. The lowest BCUT2D eigenvalue weighted by Crippen LogP contribution is -1.86. The highest BCUT2D eigenvalue weighted by molar-refractivity contribution is 5.66. The van der Waals surface area contributed by atoms with Gasteiger partial charge in [-0.05, 0) is 23.8 Å². The summed E-state index contributed by atoms with van der Waals surface area (Å²) in [5.74, 6) is 0.457. The van der Waals surface area contributed by atoms with Crippen LogP contribution < -0.4 is 0 Å². The third kappa shape index (κ3) is 2.30. The van der Waals surface area contributed by atoms with Crippen molar-refractivity contribution < 1.29 is 9.45 Å². The summed E-state index contributed by atoms with van der Waals surface area (Å²) in [6, 6.07) is 6.18. The smallest absolute Gasteiger partial charge is 0.269 e. The first kappa shape index (κ1) is 10.0. The van der Waals surface area contributed by atoms with E-state index < -0.39 is 4.92 Å². The summed E-state index contributed by atoms with van der Waals surface area (Å²) in [5, 5.41) is 14.0. The monoisotopic (exact) mass is 217 g/mol. The minimum atomic E-state index is -0.438. The molecule has 1 aromatic heterocycles. The van der Waals surface area contributed by atoms with E-state index in [1.54, 1.807) is 24.3 Å². The molecule has 6 nitrogen and oxygen atoms in total. The molecule has 0 aliphatic heterocycles. The van der Waals surface area contributed by atoms with Crippen LogP contribution in [0.3, 0.4) is 0 Å². The van der Waals surface area contributed by atoms with Crippen molar-refractivity contribution >= 4 is 17.8 Å². The van der Waals surface area contributed by atoms with E-state index in [9.17, 15) is 10.1 Å². The highest BCUT2D eigenvalue weighted by Gasteiger charge is 2.02. The van der Waals surface area contributed by atoms with E-state index in [2.05, 4.69) is 14.7 Å². The molecule has 0 fully saturated rings. The maximum absolute atomic E-state index is 10.4. The zero-order chi connectivity index (χ0) is 11.4. The van der Waals surface area contributed by atoms with Gasteiger partial charge in [-0.2, -0.15) is 4.98 Å². The number of nitrogens with zero attached hydrogens (tertiary/aromatic N) is 3. The van der Waals surface area contributed by atoms with Gasteiger partial charge in [-0.3, -0.25) is 10.1 Å². The Balaban J connectivity index is 2.14. The van der Waals surface area contributed by atoms with Gasteiger partial charge in [-0.1, -0.05) is 11.2 Å². The first-order chi connectivity index (χ1) is 7.75. The minimum absolute atomic E-state index is 0.0664. The van der Waals surface area contributed by atoms with Crippen LogP contribution in [0.1, 0.15) is 11.4 Å². The van der Waals surface area contributed by atoms with E-state index in [0.29, 0.717) is 5.82 Å². The fourth-order valence-electron chi connectivity index (χ4n) is 1.13. The van der Waals surface area contributed by atoms with Crippen LogP contribution in [0.5, 0.6) is 0 Å². The Bertz CT molecular complexity index is 503. The van der Waals surface area contributed by atoms with E-state index in [-0.39, 0.29) is 5.69 Å². The Morgan fingerprint density at radius 1 is 1.25 bits per heavy atom. The molecule has 0 saturated carbocycles. The second-order valence-corrected chi connectivity index (χ2v) is 2.97. The summed E-state index contributed by atoms with van der Waals surface area (Å²) in [5.41, 5.74) is 0.895. The molecule has 0 bridgehead atoms. The van der Waals surface area contributed by atoms with Crippen LogP contribution in [0.15, 0.2) is 35.2 Å². The molecule has 2 rings (SSSR count). The number of nitro groups is 1. The third-order valence-electron chi connectivity index (χ3n) is 1.91. The van der Waals surface area contributed by atoms with Crippen molar-refractivity contribution in [1.82, 2.24) is 10.1 Å². The van der Waals surface area contributed by atoms with Gasteiger partial charge in [0.2, 0.25) is 6.39 Å². The van der Waals surface area contributed by atoms with Gasteiger partial charge in [0.1, 0.15) is 0 Å².